The Balaban J connectivity index is 2.27. The highest BCUT2D eigenvalue weighted by Gasteiger charge is 2.08. The molecule has 0 bridgehead atoms. The van der Waals surface area contributed by atoms with Gasteiger partial charge in [-0.05, 0) is 54.8 Å². The summed E-state index contributed by atoms with van der Waals surface area (Å²) < 4.78 is 13.4. The van der Waals surface area contributed by atoms with Crippen LogP contribution in [0, 0.1) is 12.7 Å². The number of benzene rings is 2. The van der Waals surface area contributed by atoms with Crippen LogP contribution in [-0.2, 0) is 6.54 Å². The van der Waals surface area contributed by atoms with E-state index in [1.165, 1.54) is 17.7 Å². The van der Waals surface area contributed by atoms with Crippen LogP contribution in [0.15, 0.2) is 36.4 Å². The SMILES string of the molecule is CCCNCc1ccc(-c2cc(F)ccc2Cl)c(C)c1. The van der Waals surface area contributed by atoms with Crippen LogP contribution in [0.25, 0.3) is 11.1 Å². The van der Waals surface area contributed by atoms with E-state index >= 15 is 0 Å². The molecule has 0 unspecified atom stereocenters. The molecule has 0 saturated heterocycles. The molecular formula is C17H19ClFN. The molecule has 2 aromatic carbocycles. The molecule has 0 amide bonds. The van der Waals surface area contributed by atoms with E-state index < -0.39 is 0 Å². The predicted molar refractivity (Wildman–Crippen MR) is 83.6 cm³/mol. The Morgan fingerprint density at radius 1 is 1.10 bits per heavy atom. The van der Waals surface area contributed by atoms with Gasteiger partial charge in [0.25, 0.3) is 0 Å². The molecule has 0 atom stereocenters. The van der Waals surface area contributed by atoms with Gasteiger partial charge in [-0.2, -0.15) is 0 Å². The molecule has 3 heteroatoms. The second kappa shape index (κ2) is 6.87. The van der Waals surface area contributed by atoms with Gasteiger partial charge in [0, 0.05) is 17.1 Å². The summed E-state index contributed by atoms with van der Waals surface area (Å²) in [6, 6.07) is 10.7. The van der Waals surface area contributed by atoms with Gasteiger partial charge in [-0.15, -0.1) is 0 Å². The molecule has 0 heterocycles. The van der Waals surface area contributed by atoms with Crippen molar-refractivity contribution < 1.29 is 4.39 Å². The number of rotatable bonds is 5. The van der Waals surface area contributed by atoms with E-state index in [1.54, 1.807) is 6.07 Å². The van der Waals surface area contributed by atoms with E-state index in [0.29, 0.717) is 5.02 Å². The van der Waals surface area contributed by atoms with E-state index in [0.717, 1.165) is 36.2 Å². The van der Waals surface area contributed by atoms with Crippen molar-refractivity contribution in [3.63, 3.8) is 0 Å². The van der Waals surface area contributed by atoms with Crippen LogP contribution in [0.5, 0.6) is 0 Å². The third-order valence-electron chi connectivity index (χ3n) is 3.27. The van der Waals surface area contributed by atoms with E-state index in [9.17, 15) is 4.39 Å². The Hall–Kier alpha value is -1.38. The molecule has 0 saturated carbocycles. The van der Waals surface area contributed by atoms with Crippen LogP contribution < -0.4 is 5.32 Å². The molecule has 0 fully saturated rings. The van der Waals surface area contributed by atoms with Crippen molar-refractivity contribution in [2.24, 2.45) is 0 Å². The highest BCUT2D eigenvalue weighted by atomic mass is 35.5. The first-order valence-electron chi connectivity index (χ1n) is 6.87. The topological polar surface area (TPSA) is 12.0 Å². The molecule has 0 aromatic heterocycles. The summed E-state index contributed by atoms with van der Waals surface area (Å²) in [5.74, 6) is -0.266. The van der Waals surface area contributed by atoms with Crippen LogP contribution in [-0.4, -0.2) is 6.54 Å². The van der Waals surface area contributed by atoms with Gasteiger partial charge >= 0.3 is 0 Å². The first-order valence-corrected chi connectivity index (χ1v) is 7.25. The van der Waals surface area contributed by atoms with Crippen LogP contribution >= 0.6 is 11.6 Å². The van der Waals surface area contributed by atoms with Gasteiger partial charge in [0.15, 0.2) is 0 Å². The third-order valence-corrected chi connectivity index (χ3v) is 3.59. The minimum absolute atomic E-state index is 0.266. The van der Waals surface area contributed by atoms with E-state index in [-0.39, 0.29) is 5.82 Å². The summed E-state index contributed by atoms with van der Waals surface area (Å²) >= 11 is 6.17. The van der Waals surface area contributed by atoms with Gasteiger partial charge in [-0.3, -0.25) is 0 Å². The average molecular weight is 292 g/mol. The number of hydrogen-bond acceptors (Lipinski definition) is 1. The number of hydrogen-bond donors (Lipinski definition) is 1. The summed E-state index contributed by atoms with van der Waals surface area (Å²) in [6.07, 6.45) is 1.12. The molecule has 2 rings (SSSR count). The molecule has 2 aromatic rings. The van der Waals surface area contributed by atoms with Crippen molar-refractivity contribution in [2.75, 3.05) is 6.54 Å². The molecule has 0 spiro atoms. The first-order chi connectivity index (χ1) is 9.61. The van der Waals surface area contributed by atoms with Crippen LogP contribution in [0.3, 0.4) is 0 Å². The average Bonchev–Trinajstić information content (AvgIpc) is 2.42. The molecular weight excluding hydrogens is 273 g/mol. The quantitative estimate of drug-likeness (QED) is 0.768. The fourth-order valence-corrected chi connectivity index (χ4v) is 2.47. The Bertz CT molecular complexity index is 596. The number of aryl methyl sites for hydroxylation is 1. The zero-order valence-corrected chi connectivity index (χ0v) is 12.6. The van der Waals surface area contributed by atoms with Crippen molar-refractivity contribution in [3.8, 4) is 11.1 Å². The smallest absolute Gasteiger partial charge is 0.123 e. The van der Waals surface area contributed by atoms with E-state index in [2.05, 4.69) is 24.4 Å². The van der Waals surface area contributed by atoms with Crippen LogP contribution in [0.4, 0.5) is 4.39 Å². The minimum atomic E-state index is -0.266. The Morgan fingerprint density at radius 3 is 2.60 bits per heavy atom. The summed E-state index contributed by atoms with van der Waals surface area (Å²) in [5, 5.41) is 3.95. The molecule has 0 aliphatic rings. The fourth-order valence-electron chi connectivity index (χ4n) is 2.25. The maximum absolute atomic E-state index is 13.4. The molecule has 0 aliphatic carbocycles. The van der Waals surface area contributed by atoms with E-state index in [4.69, 9.17) is 11.6 Å². The maximum Gasteiger partial charge on any atom is 0.123 e. The predicted octanol–water partition coefficient (Wildman–Crippen LogP) is 4.95. The van der Waals surface area contributed by atoms with Crippen molar-refractivity contribution in [2.45, 2.75) is 26.8 Å². The molecule has 1 N–H and O–H groups in total. The second-order valence-electron chi connectivity index (χ2n) is 4.95. The minimum Gasteiger partial charge on any atom is -0.313 e. The van der Waals surface area contributed by atoms with Crippen LogP contribution in [0.1, 0.15) is 24.5 Å². The maximum atomic E-state index is 13.4. The summed E-state index contributed by atoms with van der Waals surface area (Å²) in [5.41, 5.74) is 4.06. The second-order valence-corrected chi connectivity index (χ2v) is 5.36. The first kappa shape index (κ1) is 15.0. The van der Waals surface area contributed by atoms with Gasteiger partial charge < -0.3 is 5.32 Å². The fraction of sp³-hybridized carbons (Fsp3) is 0.294. The molecule has 20 heavy (non-hydrogen) atoms. The van der Waals surface area contributed by atoms with Crippen LogP contribution in [0.2, 0.25) is 5.02 Å². The molecule has 106 valence electrons. The zero-order valence-electron chi connectivity index (χ0n) is 11.8. The standard InChI is InChI=1S/C17H19ClFN/c1-3-8-20-11-13-4-6-15(12(2)9-13)16-10-14(19)5-7-17(16)18/h4-7,9-10,20H,3,8,11H2,1-2H3. The Labute approximate surface area is 124 Å². The zero-order chi connectivity index (χ0) is 14.5. The third kappa shape index (κ3) is 3.59. The number of halogens is 2. The van der Waals surface area contributed by atoms with Gasteiger partial charge in [0.05, 0.1) is 0 Å². The van der Waals surface area contributed by atoms with Crippen molar-refractivity contribution in [1.82, 2.24) is 5.32 Å². The van der Waals surface area contributed by atoms with Gasteiger partial charge in [0.2, 0.25) is 0 Å². The molecule has 1 nitrogen and oxygen atoms in total. The van der Waals surface area contributed by atoms with Crippen molar-refractivity contribution in [1.29, 1.82) is 0 Å². The highest BCUT2D eigenvalue weighted by molar-refractivity contribution is 6.33. The van der Waals surface area contributed by atoms with E-state index in [1.807, 2.05) is 13.0 Å². The summed E-state index contributed by atoms with van der Waals surface area (Å²) in [6.45, 7) is 6.04. The van der Waals surface area contributed by atoms with Crippen molar-refractivity contribution in [3.05, 3.63) is 58.4 Å². The van der Waals surface area contributed by atoms with Gasteiger partial charge in [0.1, 0.15) is 5.82 Å². The monoisotopic (exact) mass is 291 g/mol. The Morgan fingerprint density at radius 2 is 1.90 bits per heavy atom. The van der Waals surface area contributed by atoms with Gasteiger partial charge in [-0.1, -0.05) is 36.7 Å². The van der Waals surface area contributed by atoms with Crippen molar-refractivity contribution >= 4 is 11.6 Å². The molecule has 0 radical (unpaired) electrons. The summed E-state index contributed by atoms with van der Waals surface area (Å²) in [7, 11) is 0. The van der Waals surface area contributed by atoms with Gasteiger partial charge in [-0.25, -0.2) is 4.39 Å². The molecule has 0 aliphatic heterocycles. The largest absolute Gasteiger partial charge is 0.313 e. The normalized spacial score (nSPS) is 10.8. The lowest BCUT2D eigenvalue weighted by Gasteiger charge is -2.11. The number of nitrogens with one attached hydrogen (secondary N) is 1. The summed E-state index contributed by atoms with van der Waals surface area (Å²) in [4.78, 5) is 0. The lowest BCUT2D eigenvalue weighted by atomic mass is 9.98. The Kier molecular flexibility index (Phi) is 5.16. The lowest BCUT2D eigenvalue weighted by Crippen LogP contribution is -2.13. The highest BCUT2D eigenvalue weighted by Crippen LogP contribution is 2.31. The lowest BCUT2D eigenvalue weighted by molar-refractivity contribution is 0.628.